The number of hydrogen-bond acceptors (Lipinski definition) is 7. The molecule has 0 radical (unpaired) electrons. The summed E-state index contributed by atoms with van der Waals surface area (Å²) in [5.74, 6) is -0.273. The molecule has 3 aromatic heterocycles. The molecule has 3 N–H and O–H groups in total. The van der Waals surface area contributed by atoms with E-state index in [9.17, 15) is 4.79 Å². The quantitative estimate of drug-likeness (QED) is 0.743. The van der Waals surface area contributed by atoms with Crippen LogP contribution in [0, 0.1) is 0 Å². The largest absolute Gasteiger partial charge is 0.396 e. The Bertz CT molecular complexity index is 722. The minimum absolute atomic E-state index is 0.273. The van der Waals surface area contributed by atoms with Crippen molar-refractivity contribution in [2.75, 3.05) is 5.73 Å². The van der Waals surface area contributed by atoms with E-state index in [1.807, 2.05) is 0 Å². The van der Waals surface area contributed by atoms with Gasteiger partial charge in [0, 0.05) is 18.5 Å². The summed E-state index contributed by atoms with van der Waals surface area (Å²) in [7, 11) is 0. The van der Waals surface area contributed by atoms with Gasteiger partial charge in [-0.15, -0.1) is 11.3 Å². The standard InChI is InChI=1S/C11H9N5O2S/c12-7-8-11(14-3-2-13-8)19-9(7)10(17)15-5-6-1-4-18-16-6/h1-4H,5,12H2,(H,15,17). The summed E-state index contributed by atoms with van der Waals surface area (Å²) in [6.07, 6.45) is 4.56. The first kappa shape index (κ1) is 11.6. The van der Waals surface area contributed by atoms with Crippen LogP contribution in [-0.2, 0) is 6.54 Å². The van der Waals surface area contributed by atoms with Gasteiger partial charge in [-0.1, -0.05) is 5.16 Å². The topological polar surface area (TPSA) is 107 Å². The number of rotatable bonds is 3. The number of fused-ring (bicyclic) bond motifs is 1. The third kappa shape index (κ3) is 2.13. The molecule has 0 saturated carbocycles. The van der Waals surface area contributed by atoms with Crippen molar-refractivity contribution in [3.63, 3.8) is 0 Å². The highest BCUT2D eigenvalue weighted by atomic mass is 32.1. The van der Waals surface area contributed by atoms with Gasteiger partial charge < -0.3 is 15.6 Å². The number of nitrogens with two attached hydrogens (primary N) is 1. The van der Waals surface area contributed by atoms with E-state index in [0.29, 0.717) is 26.6 Å². The lowest BCUT2D eigenvalue weighted by Crippen LogP contribution is -2.22. The van der Waals surface area contributed by atoms with E-state index in [4.69, 9.17) is 5.73 Å². The fourth-order valence-corrected chi connectivity index (χ4v) is 2.53. The van der Waals surface area contributed by atoms with Crippen LogP contribution in [-0.4, -0.2) is 21.0 Å². The minimum Gasteiger partial charge on any atom is -0.396 e. The maximum atomic E-state index is 12.0. The van der Waals surface area contributed by atoms with E-state index in [2.05, 4.69) is 25.0 Å². The van der Waals surface area contributed by atoms with Crippen molar-refractivity contribution in [1.82, 2.24) is 20.4 Å². The second-order valence-electron chi connectivity index (χ2n) is 3.73. The maximum Gasteiger partial charge on any atom is 0.263 e. The van der Waals surface area contributed by atoms with Crippen LogP contribution >= 0.6 is 11.3 Å². The van der Waals surface area contributed by atoms with Gasteiger partial charge in [0.25, 0.3) is 5.91 Å². The van der Waals surface area contributed by atoms with Gasteiger partial charge in [0.2, 0.25) is 0 Å². The van der Waals surface area contributed by atoms with Gasteiger partial charge in [0.05, 0.1) is 12.2 Å². The molecule has 0 aliphatic heterocycles. The van der Waals surface area contributed by atoms with E-state index in [0.717, 1.165) is 0 Å². The van der Waals surface area contributed by atoms with E-state index in [1.54, 1.807) is 18.5 Å². The molecule has 0 saturated heterocycles. The smallest absolute Gasteiger partial charge is 0.263 e. The highest BCUT2D eigenvalue weighted by Crippen LogP contribution is 2.30. The predicted octanol–water partition coefficient (Wildman–Crippen LogP) is 1.19. The monoisotopic (exact) mass is 275 g/mol. The lowest BCUT2D eigenvalue weighted by atomic mass is 10.3. The Labute approximate surface area is 111 Å². The summed E-state index contributed by atoms with van der Waals surface area (Å²) in [6, 6.07) is 1.68. The van der Waals surface area contributed by atoms with Crippen LogP contribution in [0.1, 0.15) is 15.4 Å². The fraction of sp³-hybridized carbons (Fsp3) is 0.0909. The molecule has 0 aliphatic rings. The number of nitrogens with zero attached hydrogens (tertiary/aromatic N) is 3. The van der Waals surface area contributed by atoms with Gasteiger partial charge >= 0.3 is 0 Å². The molecule has 3 heterocycles. The van der Waals surface area contributed by atoms with Gasteiger partial charge in [-0.25, -0.2) is 9.97 Å². The first-order valence-corrected chi connectivity index (χ1v) is 6.24. The molecule has 0 atom stereocenters. The first-order chi connectivity index (χ1) is 9.25. The van der Waals surface area contributed by atoms with Crippen LogP contribution in [0.4, 0.5) is 5.69 Å². The number of carbonyl (C=O) groups is 1. The lowest BCUT2D eigenvalue weighted by molar-refractivity contribution is 0.0955. The summed E-state index contributed by atoms with van der Waals surface area (Å²) in [5.41, 5.74) is 7.45. The average molecular weight is 275 g/mol. The molecule has 1 amide bonds. The first-order valence-electron chi connectivity index (χ1n) is 5.42. The molecule has 3 rings (SSSR count). The van der Waals surface area contributed by atoms with E-state index >= 15 is 0 Å². The summed E-state index contributed by atoms with van der Waals surface area (Å²) >= 11 is 1.21. The number of aromatic nitrogens is 3. The van der Waals surface area contributed by atoms with Crippen LogP contribution in [0.2, 0.25) is 0 Å². The molecule has 7 nitrogen and oxygen atoms in total. The molecule has 0 bridgehead atoms. The number of nitrogens with one attached hydrogen (secondary N) is 1. The maximum absolute atomic E-state index is 12.0. The Kier molecular flexibility index (Phi) is 2.84. The van der Waals surface area contributed by atoms with Crippen LogP contribution in [0.15, 0.2) is 29.2 Å². The zero-order valence-electron chi connectivity index (χ0n) is 9.66. The van der Waals surface area contributed by atoms with Crippen molar-refractivity contribution < 1.29 is 9.32 Å². The van der Waals surface area contributed by atoms with Gasteiger partial charge in [-0.2, -0.15) is 0 Å². The van der Waals surface area contributed by atoms with Crippen molar-refractivity contribution in [1.29, 1.82) is 0 Å². The fourth-order valence-electron chi connectivity index (χ4n) is 1.59. The molecular weight excluding hydrogens is 266 g/mol. The summed E-state index contributed by atoms with van der Waals surface area (Å²) in [6.45, 7) is 0.282. The van der Waals surface area contributed by atoms with Crippen LogP contribution in [0.5, 0.6) is 0 Å². The highest BCUT2D eigenvalue weighted by molar-refractivity contribution is 7.21. The zero-order chi connectivity index (χ0) is 13.2. The normalized spacial score (nSPS) is 10.7. The number of nitrogen functional groups attached to an aromatic ring is 1. The lowest BCUT2D eigenvalue weighted by Gasteiger charge is -2.01. The second-order valence-corrected chi connectivity index (χ2v) is 4.73. The summed E-state index contributed by atoms with van der Waals surface area (Å²) in [5, 5.41) is 6.42. The van der Waals surface area contributed by atoms with Gasteiger partial charge in [-0.3, -0.25) is 4.79 Å². The number of hydrogen-bond donors (Lipinski definition) is 2. The Balaban J connectivity index is 1.83. The Morgan fingerprint density at radius 3 is 3.00 bits per heavy atom. The van der Waals surface area contributed by atoms with E-state index in [1.165, 1.54) is 17.6 Å². The van der Waals surface area contributed by atoms with Crippen molar-refractivity contribution in [3.05, 3.63) is 35.3 Å². The van der Waals surface area contributed by atoms with Crippen molar-refractivity contribution in [2.45, 2.75) is 6.54 Å². The molecule has 0 unspecified atom stereocenters. The Morgan fingerprint density at radius 2 is 2.26 bits per heavy atom. The van der Waals surface area contributed by atoms with Gasteiger partial charge in [-0.05, 0) is 0 Å². The average Bonchev–Trinajstić information content (AvgIpc) is 3.05. The third-order valence-electron chi connectivity index (χ3n) is 2.49. The summed E-state index contributed by atoms with van der Waals surface area (Å²) < 4.78 is 4.68. The van der Waals surface area contributed by atoms with Crippen LogP contribution < -0.4 is 11.1 Å². The molecule has 19 heavy (non-hydrogen) atoms. The number of anilines is 1. The second kappa shape index (κ2) is 4.65. The number of amides is 1. The van der Waals surface area contributed by atoms with Gasteiger partial charge in [0.15, 0.2) is 0 Å². The van der Waals surface area contributed by atoms with Crippen molar-refractivity contribution in [2.24, 2.45) is 0 Å². The molecule has 0 fully saturated rings. The molecule has 96 valence electrons. The molecule has 8 heteroatoms. The van der Waals surface area contributed by atoms with E-state index in [-0.39, 0.29) is 12.5 Å². The third-order valence-corrected chi connectivity index (χ3v) is 3.59. The zero-order valence-corrected chi connectivity index (χ0v) is 10.5. The highest BCUT2D eigenvalue weighted by Gasteiger charge is 2.17. The van der Waals surface area contributed by atoms with Crippen LogP contribution in [0.3, 0.4) is 0 Å². The van der Waals surface area contributed by atoms with Crippen LogP contribution in [0.25, 0.3) is 10.3 Å². The molecule has 0 aromatic carbocycles. The predicted molar refractivity (Wildman–Crippen MR) is 69.5 cm³/mol. The Morgan fingerprint density at radius 1 is 1.42 bits per heavy atom. The molecular formula is C11H9N5O2S. The number of thiophene rings is 1. The van der Waals surface area contributed by atoms with Gasteiger partial charge in [0.1, 0.15) is 27.2 Å². The minimum atomic E-state index is -0.273. The van der Waals surface area contributed by atoms with Crippen molar-refractivity contribution in [3.8, 4) is 0 Å². The molecule has 0 spiro atoms. The van der Waals surface area contributed by atoms with E-state index < -0.39 is 0 Å². The summed E-state index contributed by atoms with van der Waals surface area (Å²) in [4.78, 5) is 21.3. The molecule has 0 aliphatic carbocycles. The SMILES string of the molecule is Nc1c(C(=O)NCc2ccon2)sc2nccnc12. The Hall–Kier alpha value is -2.48. The molecule has 3 aromatic rings. The number of carbonyl (C=O) groups excluding carboxylic acids is 1. The van der Waals surface area contributed by atoms with Crippen molar-refractivity contribution >= 4 is 33.3 Å².